The zero-order valence-electron chi connectivity index (χ0n) is 12.1. The monoisotopic (exact) mass is 295 g/mol. The fourth-order valence-electron chi connectivity index (χ4n) is 2.37. The van der Waals surface area contributed by atoms with E-state index in [4.69, 9.17) is 5.73 Å². The number of hydrogen-bond donors (Lipinski definition) is 2. The van der Waals surface area contributed by atoms with Gasteiger partial charge in [-0.05, 0) is 49.6 Å². The van der Waals surface area contributed by atoms with Gasteiger partial charge in [-0.15, -0.1) is 11.8 Å². The second-order valence-electron chi connectivity index (χ2n) is 4.91. The van der Waals surface area contributed by atoms with Gasteiger partial charge in [0.2, 0.25) is 0 Å². The van der Waals surface area contributed by atoms with Crippen LogP contribution in [-0.2, 0) is 0 Å². The van der Waals surface area contributed by atoms with E-state index in [1.807, 2.05) is 37.3 Å². The molecule has 0 amide bonds. The molecule has 2 aromatic carbocycles. The number of benzene rings is 2. The van der Waals surface area contributed by atoms with Gasteiger partial charge in [0.1, 0.15) is 0 Å². The van der Waals surface area contributed by atoms with Gasteiger partial charge in [0.15, 0.2) is 0 Å². The summed E-state index contributed by atoms with van der Waals surface area (Å²) in [6.45, 7) is 2.00. The summed E-state index contributed by atoms with van der Waals surface area (Å²) in [6, 6.07) is 16.1. The van der Waals surface area contributed by atoms with Crippen LogP contribution in [0, 0.1) is 6.92 Å². The van der Waals surface area contributed by atoms with Crippen molar-refractivity contribution in [2.24, 2.45) is 0 Å². The maximum absolute atomic E-state index is 5.92. The zero-order chi connectivity index (χ0) is 14.8. The van der Waals surface area contributed by atoms with Crippen LogP contribution < -0.4 is 11.1 Å². The van der Waals surface area contributed by atoms with Gasteiger partial charge in [0.25, 0.3) is 0 Å². The second-order valence-corrected chi connectivity index (χ2v) is 5.76. The molecule has 106 valence electrons. The lowest BCUT2D eigenvalue weighted by molar-refractivity contribution is 1.25. The minimum absolute atomic E-state index is 0.745. The van der Waals surface area contributed by atoms with E-state index in [-0.39, 0.29) is 0 Å². The van der Waals surface area contributed by atoms with Gasteiger partial charge >= 0.3 is 0 Å². The quantitative estimate of drug-likeness (QED) is 0.548. The van der Waals surface area contributed by atoms with Crippen molar-refractivity contribution in [1.29, 1.82) is 0 Å². The van der Waals surface area contributed by atoms with Crippen molar-refractivity contribution in [3.05, 3.63) is 54.2 Å². The normalized spacial score (nSPS) is 10.8. The predicted octanol–water partition coefficient (Wildman–Crippen LogP) is 4.59. The van der Waals surface area contributed by atoms with Crippen molar-refractivity contribution in [3.8, 4) is 0 Å². The first kappa shape index (κ1) is 13.8. The Labute approximate surface area is 128 Å². The summed E-state index contributed by atoms with van der Waals surface area (Å²) in [6.07, 6.45) is 2.08. The molecular formula is C17H17N3S. The standard InChI is InChI=1S/C17H17N3S/c1-11-9-16(13-10-12(18)7-8-14(13)19-11)20-15-5-3-4-6-17(15)21-2/h3-10H,18H2,1-2H3,(H,19,20). The molecule has 0 saturated heterocycles. The van der Waals surface area contributed by atoms with Gasteiger partial charge in [-0.2, -0.15) is 0 Å². The van der Waals surface area contributed by atoms with Crippen LogP contribution in [-0.4, -0.2) is 11.2 Å². The summed E-state index contributed by atoms with van der Waals surface area (Å²) < 4.78 is 0. The molecule has 1 aromatic heterocycles. The average molecular weight is 295 g/mol. The van der Waals surface area contributed by atoms with Crippen molar-refractivity contribution in [3.63, 3.8) is 0 Å². The van der Waals surface area contributed by atoms with Crippen LogP contribution in [0.1, 0.15) is 5.69 Å². The first-order chi connectivity index (χ1) is 10.2. The van der Waals surface area contributed by atoms with Gasteiger partial charge in [-0.3, -0.25) is 4.98 Å². The molecule has 21 heavy (non-hydrogen) atoms. The first-order valence-corrected chi connectivity index (χ1v) is 7.97. The van der Waals surface area contributed by atoms with Crippen LogP contribution in [0.15, 0.2) is 53.4 Å². The first-order valence-electron chi connectivity index (χ1n) is 6.74. The van der Waals surface area contributed by atoms with Crippen molar-refractivity contribution in [2.45, 2.75) is 11.8 Å². The fraction of sp³-hybridized carbons (Fsp3) is 0.118. The SMILES string of the molecule is CSc1ccccc1Nc1cc(C)nc2ccc(N)cc12. The third-order valence-electron chi connectivity index (χ3n) is 3.34. The highest BCUT2D eigenvalue weighted by atomic mass is 32.2. The summed E-state index contributed by atoms with van der Waals surface area (Å²) in [5.41, 5.74) is 10.7. The molecule has 0 radical (unpaired) electrons. The number of nitrogen functional groups attached to an aromatic ring is 1. The van der Waals surface area contributed by atoms with E-state index in [0.717, 1.165) is 33.7 Å². The molecule has 3 aromatic rings. The molecule has 0 spiro atoms. The maximum atomic E-state index is 5.92. The number of aryl methyl sites for hydroxylation is 1. The lowest BCUT2D eigenvalue weighted by Gasteiger charge is -2.13. The van der Waals surface area contributed by atoms with Crippen molar-refractivity contribution < 1.29 is 0 Å². The van der Waals surface area contributed by atoms with Crippen LogP contribution in [0.2, 0.25) is 0 Å². The number of hydrogen-bond acceptors (Lipinski definition) is 4. The average Bonchev–Trinajstić information content (AvgIpc) is 2.48. The molecule has 0 fully saturated rings. The number of aromatic nitrogens is 1. The molecule has 3 N–H and O–H groups in total. The van der Waals surface area contributed by atoms with Crippen molar-refractivity contribution >= 4 is 39.7 Å². The van der Waals surface area contributed by atoms with Gasteiger partial charge in [-0.25, -0.2) is 0 Å². The highest BCUT2D eigenvalue weighted by Gasteiger charge is 2.07. The molecule has 0 aliphatic rings. The fourth-order valence-corrected chi connectivity index (χ4v) is 2.93. The smallest absolute Gasteiger partial charge is 0.0727 e. The van der Waals surface area contributed by atoms with Crippen molar-refractivity contribution in [1.82, 2.24) is 4.98 Å². The topological polar surface area (TPSA) is 50.9 Å². The zero-order valence-corrected chi connectivity index (χ0v) is 12.9. The number of nitrogens with one attached hydrogen (secondary N) is 1. The van der Waals surface area contributed by atoms with E-state index in [1.165, 1.54) is 4.90 Å². The maximum Gasteiger partial charge on any atom is 0.0727 e. The molecule has 1 heterocycles. The highest BCUT2D eigenvalue weighted by molar-refractivity contribution is 7.98. The Kier molecular flexibility index (Phi) is 3.71. The summed E-state index contributed by atoms with van der Waals surface area (Å²) in [5.74, 6) is 0. The Morgan fingerprint density at radius 1 is 1.05 bits per heavy atom. The summed E-state index contributed by atoms with van der Waals surface area (Å²) >= 11 is 1.72. The molecule has 0 unspecified atom stereocenters. The molecule has 0 atom stereocenters. The Hall–Kier alpha value is -2.20. The highest BCUT2D eigenvalue weighted by Crippen LogP contribution is 2.32. The van der Waals surface area contributed by atoms with Gasteiger partial charge < -0.3 is 11.1 Å². The molecule has 0 bridgehead atoms. The van der Waals surface area contributed by atoms with Crippen LogP contribution in [0.4, 0.5) is 17.1 Å². The molecule has 0 aliphatic carbocycles. The lowest BCUT2D eigenvalue weighted by Crippen LogP contribution is -1.97. The van der Waals surface area contributed by atoms with Crippen molar-refractivity contribution in [2.75, 3.05) is 17.3 Å². The summed E-state index contributed by atoms with van der Waals surface area (Å²) in [7, 11) is 0. The number of anilines is 3. The summed E-state index contributed by atoms with van der Waals surface area (Å²) in [4.78, 5) is 5.77. The number of nitrogens with two attached hydrogens (primary N) is 1. The van der Waals surface area contributed by atoms with E-state index < -0.39 is 0 Å². The van der Waals surface area contributed by atoms with Crippen LogP contribution >= 0.6 is 11.8 Å². The van der Waals surface area contributed by atoms with E-state index in [1.54, 1.807) is 11.8 Å². The number of fused-ring (bicyclic) bond motifs is 1. The van der Waals surface area contributed by atoms with Gasteiger partial charge in [0.05, 0.1) is 11.2 Å². The number of thioether (sulfide) groups is 1. The number of rotatable bonds is 3. The number of nitrogens with zero attached hydrogens (tertiary/aromatic N) is 1. The minimum Gasteiger partial charge on any atom is -0.399 e. The molecule has 4 heteroatoms. The Morgan fingerprint density at radius 2 is 1.86 bits per heavy atom. The molecular weight excluding hydrogens is 278 g/mol. The Balaban J connectivity index is 2.13. The molecule has 0 aliphatic heterocycles. The number of pyridine rings is 1. The Morgan fingerprint density at radius 3 is 2.67 bits per heavy atom. The molecule has 3 nitrogen and oxygen atoms in total. The number of para-hydroxylation sites is 1. The van der Waals surface area contributed by atoms with Gasteiger partial charge in [-0.1, -0.05) is 12.1 Å². The lowest BCUT2D eigenvalue weighted by atomic mass is 10.1. The van der Waals surface area contributed by atoms with Crippen LogP contribution in [0.5, 0.6) is 0 Å². The second kappa shape index (κ2) is 5.66. The van der Waals surface area contributed by atoms with Crippen LogP contribution in [0.25, 0.3) is 10.9 Å². The van der Waals surface area contributed by atoms with Crippen LogP contribution in [0.3, 0.4) is 0 Å². The predicted molar refractivity (Wildman–Crippen MR) is 92.4 cm³/mol. The van der Waals surface area contributed by atoms with E-state index in [2.05, 4.69) is 34.8 Å². The van der Waals surface area contributed by atoms with E-state index in [0.29, 0.717) is 0 Å². The third-order valence-corrected chi connectivity index (χ3v) is 4.13. The summed E-state index contributed by atoms with van der Waals surface area (Å²) in [5, 5.41) is 4.56. The minimum atomic E-state index is 0.745. The van der Waals surface area contributed by atoms with E-state index in [9.17, 15) is 0 Å². The van der Waals surface area contributed by atoms with Gasteiger partial charge in [0, 0.05) is 27.4 Å². The van der Waals surface area contributed by atoms with E-state index >= 15 is 0 Å². The largest absolute Gasteiger partial charge is 0.399 e. The third kappa shape index (κ3) is 2.81. The Bertz CT molecular complexity index is 799. The molecule has 3 rings (SSSR count). The molecule has 0 saturated carbocycles.